The van der Waals surface area contributed by atoms with E-state index in [1.165, 1.54) is 5.56 Å². The molecule has 1 aliphatic rings. The highest BCUT2D eigenvalue weighted by Gasteiger charge is 2.26. The fourth-order valence-electron chi connectivity index (χ4n) is 2.69. The van der Waals surface area contributed by atoms with Crippen molar-refractivity contribution >= 4 is 34.9 Å². The summed E-state index contributed by atoms with van der Waals surface area (Å²) in [5.41, 5.74) is 2.57. The number of carbonyl (C=O) groups excluding carboxylic acids is 2. The van der Waals surface area contributed by atoms with E-state index in [-0.39, 0.29) is 19.0 Å². The summed E-state index contributed by atoms with van der Waals surface area (Å²) in [5.74, 6) is 0.238. The number of benzene rings is 2. The first-order chi connectivity index (χ1) is 11.9. The molecule has 1 N–H and O–H groups in total. The van der Waals surface area contributed by atoms with Crippen molar-refractivity contribution in [3.8, 4) is 5.75 Å². The second-order valence-corrected chi connectivity index (χ2v) is 6.70. The molecular weight excluding hydrogens is 340 g/mol. The molecular formula is C19H19ClN2O3. The lowest BCUT2D eigenvalue weighted by atomic mass is 10.0. The van der Waals surface area contributed by atoms with E-state index in [1.807, 2.05) is 24.3 Å². The normalized spacial score (nSPS) is 13.4. The predicted octanol–water partition coefficient (Wildman–Crippen LogP) is 3.83. The molecule has 1 amide bonds. The van der Waals surface area contributed by atoms with Crippen LogP contribution in [0.4, 0.5) is 11.4 Å². The van der Waals surface area contributed by atoms with Crippen molar-refractivity contribution < 1.29 is 14.3 Å². The zero-order valence-electron chi connectivity index (χ0n) is 14.1. The number of rotatable bonds is 4. The van der Waals surface area contributed by atoms with Gasteiger partial charge in [0.25, 0.3) is 0 Å². The minimum Gasteiger partial charge on any atom is -0.423 e. The zero-order chi connectivity index (χ0) is 18.0. The molecule has 3 rings (SSSR count). The van der Waals surface area contributed by atoms with Crippen LogP contribution in [-0.4, -0.2) is 25.0 Å². The van der Waals surface area contributed by atoms with Gasteiger partial charge in [0.05, 0.1) is 12.2 Å². The van der Waals surface area contributed by atoms with Gasteiger partial charge in [0.2, 0.25) is 5.91 Å². The van der Waals surface area contributed by atoms with Crippen molar-refractivity contribution in [1.82, 2.24) is 0 Å². The van der Waals surface area contributed by atoms with Crippen LogP contribution in [0.5, 0.6) is 5.75 Å². The van der Waals surface area contributed by atoms with Gasteiger partial charge in [-0.05, 0) is 41.8 Å². The second kappa shape index (κ2) is 7.15. The van der Waals surface area contributed by atoms with Crippen LogP contribution >= 0.6 is 11.6 Å². The third kappa shape index (κ3) is 4.12. The SMILES string of the molecule is CC(C)c1ccc(NC(=O)CN2CC(=O)Oc3ccc(Cl)cc32)cc1. The van der Waals surface area contributed by atoms with Crippen LogP contribution in [0.15, 0.2) is 42.5 Å². The van der Waals surface area contributed by atoms with Crippen molar-refractivity contribution in [3.05, 3.63) is 53.1 Å². The Kier molecular flexibility index (Phi) is 4.95. The first-order valence-electron chi connectivity index (χ1n) is 8.07. The molecule has 0 aliphatic carbocycles. The van der Waals surface area contributed by atoms with Crippen molar-refractivity contribution in [2.75, 3.05) is 23.3 Å². The van der Waals surface area contributed by atoms with Crippen molar-refractivity contribution in [2.45, 2.75) is 19.8 Å². The highest BCUT2D eigenvalue weighted by Crippen LogP contribution is 2.34. The summed E-state index contributed by atoms with van der Waals surface area (Å²) in [7, 11) is 0. The largest absolute Gasteiger partial charge is 0.423 e. The Morgan fingerprint density at radius 3 is 2.64 bits per heavy atom. The number of esters is 1. The molecule has 0 atom stereocenters. The molecule has 5 nitrogen and oxygen atoms in total. The molecule has 0 bridgehead atoms. The summed E-state index contributed by atoms with van der Waals surface area (Å²) in [5, 5.41) is 3.37. The van der Waals surface area contributed by atoms with Gasteiger partial charge in [-0.1, -0.05) is 37.6 Å². The molecule has 0 radical (unpaired) electrons. The lowest BCUT2D eigenvalue weighted by Gasteiger charge is -2.29. The van der Waals surface area contributed by atoms with E-state index in [2.05, 4.69) is 19.2 Å². The Bertz CT molecular complexity index is 803. The number of carbonyl (C=O) groups is 2. The Labute approximate surface area is 151 Å². The molecule has 0 aromatic heterocycles. The molecule has 0 unspecified atom stereocenters. The lowest BCUT2D eigenvalue weighted by molar-refractivity contribution is -0.133. The van der Waals surface area contributed by atoms with Crippen molar-refractivity contribution in [1.29, 1.82) is 0 Å². The van der Waals surface area contributed by atoms with Crippen LogP contribution in [0.3, 0.4) is 0 Å². The van der Waals surface area contributed by atoms with E-state index >= 15 is 0 Å². The van der Waals surface area contributed by atoms with Gasteiger partial charge in [-0.3, -0.25) is 4.79 Å². The number of amides is 1. The predicted molar refractivity (Wildman–Crippen MR) is 98.5 cm³/mol. The quantitative estimate of drug-likeness (QED) is 0.666. The zero-order valence-corrected chi connectivity index (χ0v) is 14.8. The fraction of sp³-hybridized carbons (Fsp3) is 0.263. The lowest BCUT2D eigenvalue weighted by Crippen LogP contribution is -2.41. The number of halogens is 1. The summed E-state index contributed by atoms with van der Waals surface area (Å²) < 4.78 is 5.18. The number of hydrogen-bond acceptors (Lipinski definition) is 4. The number of fused-ring (bicyclic) bond motifs is 1. The Morgan fingerprint density at radius 1 is 1.24 bits per heavy atom. The molecule has 6 heteroatoms. The number of nitrogens with zero attached hydrogens (tertiary/aromatic N) is 1. The Balaban J connectivity index is 1.71. The van der Waals surface area contributed by atoms with E-state index in [1.54, 1.807) is 23.1 Å². The molecule has 2 aromatic rings. The van der Waals surface area contributed by atoms with E-state index in [0.717, 1.165) is 5.69 Å². The first kappa shape index (κ1) is 17.3. The van der Waals surface area contributed by atoms with Gasteiger partial charge >= 0.3 is 5.97 Å². The summed E-state index contributed by atoms with van der Waals surface area (Å²) >= 11 is 6.02. The summed E-state index contributed by atoms with van der Waals surface area (Å²) in [6.45, 7) is 4.28. The number of hydrogen-bond donors (Lipinski definition) is 1. The Hall–Kier alpha value is -2.53. The molecule has 2 aromatic carbocycles. The van der Waals surface area contributed by atoms with Crippen LogP contribution in [0.2, 0.25) is 5.02 Å². The van der Waals surface area contributed by atoms with E-state index < -0.39 is 5.97 Å². The summed E-state index contributed by atoms with van der Waals surface area (Å²) in [4.78, 5) is 25.8. The molecule has 25 heavy (non-hydrogen) atoms. The van der Waals surface area contributed by atoms with E-state index in [9.17, 15) is 9.59 Å². The minimum atomic E-state index is -0.399. The van der Waals surface area contributed by atoms with Gasteiger partial charge < -0.3 is 15.0 Å². The monoisotopic (exact) mass is 358 g/mol. The molecule has 1 aliphatic heterocycles. The van der Waals surface area contributed by atoms with Gasteiger partial charge in [-0.2, -0.15) is 0 Å². The average molecular weight is 359 g/mol. The smallest absolute Gasteiger partial charge is 0.331 e. The summed E-state index contributed by atoms with van der Waals surface area (Å²) in [6.07, 6.45) is 0. The van der Waals surface area contributed by atoms with Crippen LogP contribution in [-0.2, 0) is 9.59 Å². The number of nitrogens with one attached hydrogen (secondary N) is 1. The summed E-state index contributed by atoms with van der Waals surface area (Å²) in [6, 6.07) is 12.7. The highest BCUT2D eigenvalue weighted by atomic mass is 35.5. The second-order valence-electron chi connectivity index (χ2n) is 6.27. The van der Waals surface area contributed by atoms with Gasteiger partial charge in [0.15, 0.2) is 5.75 Å². The fourth-order valence-corrected chi connectivity index (χ4v) is 2.85. The van der Waals surface area contributed by atoms with E-state index in [4.69, 9.17) is 16.3 Å². The Morgan fingerprint density at radius 2 is 1.96 bits per heavy atom. The topological polar surface area (TPSA) is 58.6 Å². The molecule has 0 fully saturated rings. The minimum absolute atomic E-state index is 0.00699. The van der Waals surface area contributed by atoms with Crippen LogP contribution in [0.25, 0.3) is 0 Å². The third-order valence-corrected chi connectivity index (χ3v) is 4.24. The van der Waals surface area contributed by atoms with Gasteiger partial charge in [-0.15, -0.1) is 0 Å². The molecule has 1 heterocycles. The van der Waals surface area contributed by atoms with Gasteiger partial charge in [0.1, 0.15) is 6.54 Å². The van der Waals surface area contributed by atoms with Crippen LogP contribution in [0, 0.1) is 0 Å². The average Bonchev–Trinajstić information content (AvgIpc) is 2.56. The molecule has 0 spiro atoms. The van der Waals surface area contributed by atoms with Crippen LogP contribution < -0.4 is 15.0 Å². The highest BCUT2D eigenvalue weighted by molar-refractivity contribution is 6.31. The maximum absolute atomic E-state index is 12.4. The molecule has 0 saturated heterocycles. The molecule has 130 valence electrons. The third-order valence-electron chi connectivity index (χ3n) is 4.00. The number of ether oxygens (including phenoxy) is 1. The van der Waals surface area contributed by atoms with E-state index in [0.29, 0.717) is 22.4 Å². The van der Waals surface area contributed by atoms with Crippen LogP contribution in [0.1, 0.15) is 25.3 Å². The van der Waals surface area contributed by atoms with Gasteiger partial charge in [0, 0.05) is 10.7 Å². The van der Waals surface area contributed by atoms with Crippen molar-refractivity contribution in [3.63, 3.8) is 0 Å². The number of anilines is 2. The standard InChI is InChI=1S/C19H19ClN2O3/c1-12(2)13-3-6-15(7-4-13)21-18(23)10-22-11-19(24)25-17-8-5-14(20)9-16(17)22/h3-9,12H,10-11H2,1-2H3,(H,21,23). The van der Waals surface area contributed by atoms with Crippen molar-refractivity contribution in [2.24, 2.45) is 0 Å². The first-order valence-corrected chi connectivity index (χ1v) is 8.45. The maximum atomic E-state index is 12.4. The maximum Gasteiger partial charge on any atom is 0.331 e. The van der Waals surface area contributed by atoms with Gasteiger partial charge in [-0.25, -0.2) is 4.79 Å². The molecule has 0 saturated carbocycles.